The molecule has 0 bridgehead atoms. The van der Waals surface area contributed by atoms with E-state index >= 15 is 0 Å². The molecule has 1 aliphatic rings. The summed E-state index contributed by atoms with van der Waals surface area (Å²) in [6, 6.07) is 13.8. The third-order valence-corrected chi connectivity index (χ3v) is 5.95. The Bertz CT molecular complexity index is 1210. The average Bonchev–Trinajstić information content (AvgIpc) is 3.21. The monoisotopic (exact) mass is 399 g/mol. The highest BCUT2D eigenvalue weighted by Gasteiger charge is 2.27. The number of aromatic nitrogens is 4. The SMILES string of the molecule is CCCn1ncc2ccc([C@H]3CCCN(C(=O)c4cccc5ncccc45)C3)nc21. The van der Waals surface area contributed by atoms with Gasteiger partial charge in [0.2, 0.25) is 0 Å². The first-order chi connectivity index (χ1) is 14.7. The minimum absolute atomic E-state index is 0.0791. The zero-order chi connectivity index (χ0) is 20.5. The summed E-state index contributed by atoms with van der Waals surface area (Å²) < 4.78 is 1.98. The van der Waals surface area contributed by atoms with E-state index in [9.17, 15) is 4.79 Å². The molecule has 4 aromatic rings. The Hall–Kier alpha value is -3.28. The van der Waals surface area contributed by atoms with Gasteiger partial charge in [0.15, 0.2) is 5.65 Å². The summed E-state index contributed by atoms with van der Waals surface area (Å²) in [5, 5.41) is 6.45. The number of pyridine rings is 2. The third-order valence-electron chi connectivity index (χ3n) is 5.95. The third kappa shape index (κ3) is 3.32. The molecule has 0 unspecified atom stereocenters. The molecule has 1 aliphatic heterocycles. The van der Waals surface area contributed by atoms with Crippen molar-refractivity contribution in [3.8, 4) is 0 Å². The lowest BCUT2D eigenvalue weighted by Crippen LogP contribution is -2.39. The van der Waals surface area contributed by atoms with Crippen molar-refractivity contribution >= 4 is 27.8 Å². The number of hydrogen-bond acceptors (Lipinski definition) is 4. The summed E-state index contributed by atoms with van der Waals surface area (Å²) in [5.41, 5.74) is 3.58. The van der Waals surface area contributed by atoms with Gasteiger partial charge in [0.1, 0.15) is 0 Å². The zero-order valence-corrected chi connectivity index (χ0v) is 17.2. The molecule has 0 N–H and O–H groups in total. The number of nitrogens with zero attached hydrogens (tertiary/aromatic N) is 5. The first-order valence-electron chi connectivity index (χ1n) is 10.7. The van der Waals surface area contributed by atoms with Crippen LogP contribution in [0, 0.1) is 0 Å². The van der Waals surface area contributed by atoms with Gasteiger partial charge in [0, 0.05) is 53.8 Å². The van der Waals surface area contributed by atoms with Crippen LogP contribution in [-0.4, -0.2) is 43.6 Å². The number of fused-ring (bicyclic) bond motifs is 2. The van der Waals surface area contributed by atoms with Crippen LogP contribution in [0.15, 0.2) is 54.9 Å². The van der Waals surface area contributed by atoms with Crippen molar-refractivity contribution in [1.29, 1.82) is 0 Å². The van der Waals surface area contributed by atoms with Gasteiger partial charge in [-0.15, -0.1) is 0 Å². The van der Waals surface area contributed by atoms with Crippen LogP contribution in [0.5, 0.6) is 0 Å². The molecule has 152 valence electrons. The highest BCUT2D eigenvalue weighted by atomic mass is 16.2. The van der Waals surface area contributed by atoms with E-state index in [0.717, 1.165) is 65.5 Å². The lowest BCUT2D eigenvalue weighted by atomic mass is 9.93. The van der Waals surface area contributed by atoms with Gasteiger partial charge in [-0.05, 0) is 49.6 Å². The van der Waals surface area contributed by atoms with E-state index in [1.165, 1.54) is 0 Å². The molecule has 3 aromatic heterocycles. The van der Waals surface area contributed by atoms with Crippen LogP contribution in [0.25, 0.3) is 21.9 Å². The van der Waals surface area contributed by atoms with Crippen molar-refractivity contribution in [1.82, 2.24) is 24.6 Å². The van der Waals surface area contributed by atoms with E-state index in [1.807, 2.05) is 46.1 Å². The molecule has 5 rings (SSSR count). The second-order valence-corrected chi connectivity index (χ2v) is 7.98. The molecule has 1 amide bonds. The number of aryl methyl sites for hydroxylation is 1. The quantitative estimate of drug-likeness (QED) is 0.510. The van der Waals surface area contributed by atoms with Gasteiger partial charge in [0.25, 0.3) is 5.91 Å². The summed E-state index contributed by atoms with van der Waals surface area (Å²) in [6.07, 6.45) is 6.69. The van der Waals surface area contributed by atoms with E-state index in [1.54, 1.807) is 6.20 Å². The number of hydrogen-bond donors (Lipinski definition) is 0. The first kappa shape index (κ1) is 18.7. The normalized spacial score (nSPS) is 17.0. The number of carbonyl (C=O) groups is 1. The lowest BCUT2D eigenvalue weighted by Gasteiger charge is -2.33. The van der Waals surface area contributed by atoms with Crippen LogP contribution in [0.3, 0.4) is 0 Å². The van der Waals surface area contributed by atoms with Gasteiger partial charge in [-0.1, -0.05) is 19.1 Å². The molecule has 1 atom stereocenters. The summed E-state index contributed by atoms with van der Waals surface area (Å²) >= 11 is 0. The Labute approximate surface area is 175 Å². The molecule has 0 radical (unpaired) electrons. The second kappa shape index (κ2) is 7.86. The fraction of sp³-hybridized carbons (Fsp3) is 0.333. The maximum absolute atomic E-state index is 13.4. The maximum Gasteiger partial charge on any atom is 0.254 e. The minimum atomic E-state index is 0.0791. The fourth-order valence-corrected chi connectivity index (χ4v) is 4.43. The van der Waals surface area contributed by atoms with Crippen molar-refractivity contribution in [2.75, 3.05) is 13.1 Å². The highest BCUT2D eigenvalue weighted by Crippen LogP contribution is 2.29. The Morgan fingerprint density at radius 3 is 3.00 bits per heavy atom. The van der Waals surface area contributed by atoms with Crippen LogP contribution in [-0.2, 0) is 6.54 Å². The molecule has 4 heterocycles. The summed E-state index contributed by atoms with van der Waals surface area (Å²) in [5.74, 6) is 0.320. The van der Waals surface area contributed by atoms with Gasteiger partial charge in [-0.3, -0.25) is 9.78 Å². The predicted octanol–water partition coefficient (Wildman–Crippen LogP) is 4.41. The molecule has 1 saturated heterocycles. The van der Waals surface area contributed by atoms with Gasteiger partial charge in [-0.25, -0.2) is 9.67 Å². The summed E-state index contributed by atoms with van der Waals surface area (Å²) in [7, 11) is 0. The molecule has 0 aliphatic carbocycles. The topological polar surface area (TPSA) is 63.9 Å². The Kier molecular flexibility index (Phi) is 4.91. The predicted molar refractivity (Wildman–Crippen MR) is 117 cm³/mol. The highest BCUT2D eigenvalue weighted by molar-refractivity contribution is 6.06. The fourth-order valence-electron chi connectivity index (χ4n) is 4.43. The van der Waals surface area contributed by atoms with Crippen LogP contribution in [0.1, 0.15) is 48.2 Å². The summed E-state index contributed by atoms with van der Waals surface area (Å²) in [6.45, 7) is 4.48. The summed E-state index contributed by atoms with van der Waals surface area (Å²) in [4.78, 5) is 24.7. The Morgan fingerprint density at radius 2 is 2.10 bits per heavy atom. The van der Waals surface area contributed by atoms with Gasteiger partial charge in [0.05, 0.1) is 11.7 Å². The average molecular weight is 399 g/mol. The van der Waals surface area contributed by atoms with E-state index < -0.39 is 0 Å². The van der Waals surface area contributed by atoms with Crippen molar-refractivity contribution in [2.24, 2.45) is 0 Å². The molecule has 30 heavy (non-hydrogen) atoms. The second-order valence-electron chi connectivity index (χ2n) is 7.98. The van der Waals surface area contributed by atoms with Gasteiger partial charge >= 0.3 is 0 Å². The first-order valence-corrected chi connectivity index (χ1v) is 10.7. The van der Waals surface area contributed by atoms with Crippen LogP contribution in [0.2, 0.25) is 0 Å². The molecular weight excluding hydrogens is 374 g/mol. The van der Waals surface area contributed by atoms with E-state index in [0.29, 0.717) is 6.54 Å². The Morgan fingerprint density at radius 1 is 1.17 bits per heavy atom. The molecule has 6 heteroatoms. The zero-order valence-electron chi connectivity index (χ0n) is 17.2. The lowest BCUT2D eigenvalue weighted by molar-refractivity contribution is 0.0708. The largest absolute Gasteiger partial charge is 0.338 e. The number of amides is 1. The van der Waals surface area contributed by atoms with E-state index in [-0.39, 0.29) is 11.8 Å². The van der Waals surface area contributed by atoms with Crippen LogP contribution in [0.4, 0.5) is 0 Å². The van der Waals surface area contributed by atoms with Gasteiger partial charge < -0.3 is 4.90 Å². The van der Waals surface area contributed by atoms with E-state index in [2.05, 4.69) is 29.1 Å². The molecular formula is C24H25N5O. The number of likely N-dealkylation sites (tertiary alicyclic amines) is 1. The smallest absolute Gasteiger partial charge is 0.254 e. The molecule has 0 spiro atoms. The van der Waals surface area contributed by atoms with Crippen molar-refractivity contribution in [3.05, 3.63) is 66.1 Å². The molecule has 0 saturated carbocycles. The number of carbonyl (C=O) groups excluding carboxylic acids is 1. The molecule has 1 aromatic carbocycles. The van der Waals surface area contributed by atoms with Gasteiger partial charge in [-0.2, -0.15) is 5.10 Å². The van der Waals surface area contributed by atoms with Crippen LogP contribution >= 0.6 is 0 Å². The van der Waals surface area contributed by atoms with Crippen molar-refractivity contribution < 1.29 is 4.79 Å². The maximum atomic E-state index is 13.4. The van der Waals surface area contributed by atoms with E-state index in [4.69, 9.17) is 4.98 Å². The van der Waals surface area contributed by atoms with Crippen molar-refractivity contribution in [2.45, 2.75) is 38.6 Å². The van der Waals surface area contributed by atoms with Crippen molar-refractivity contribution in [3.63, 3.8) is 0 Å². The number of benzene rings is 1. The molecule has 1 fully saturated rings. The molecule has 6 nitrogen and oxygen atoms in total. The standard InChI is InChI=1S/C24H25N5O/c1-2-13-29-23-17(15-26-29)10-11-21(27-23)18-6-5-14-28(16-18)24(30)20-7-3-9-22-19(20)8-4-12-25-22/h3-4,7-12,15,18H,2,5-6,13-14,16H2,1H3/t18-/m0/s1. The minimum Gasteiger partial charge on any atom is -0.338 e. The number of piperidine rings is 1. The van der Waals surface area contributed by atoms with Crippen LogP contribution < -0.4 is 0 Å². The Balaban J connectivity index is 1.42. The number of rotatable bonds is 4.